The zero-order valence-corrected chi connectivity index (χ0v) is 18.0. The first-order valence-corrected chi connectivity index (χ1v) is 9.31. The summed E-state index contributed by atoms with van der Waals surface area (Å²) < 4.78 is 6.02. The monoisotopic (exact) mass is 356 g/mol. The topological polar surface area (TPSA) is 75.8 Å². The molecule has 1 heterocycles. The zero-order chi connectivity index (χ0) is 20.1. The van der Waals surface area contributed by atoms with Crippen LogP contribution in [0.5, 0.6) is 0 Å². The smallest absolute Gasteiger partial charge is 0.312 e. The quantitative estimate of drug-likeness (QED) is 0.741. The number of hydrogen-bond donors (Lipinski definition) is 2. The van der Waals surface area contributed by atoms with Crippen LogP contribution >= 0.6 is 0 Å². The number of nitrogens with zero attached hydrogens (tertiary/aromatic N) is 1. The number of carbonyl (C=O) groups excluding carboxylic acids is 1. The van der Waals surface area contributed by atoms with Gasteiger partial charge in [0.25, 0.3) is 0 Å². The third-order valence-corrected chi connectivity index (χ3v) is 5.79. The number of hydroxylamine groups is 2. The van der Waals surface area contributed by atoms with Gasteiger partial charge in [0.15, 0.2) is 0 Å². The van der Waals surface area contributed by atoms with Crippen LogP contribution < -0.4 is 5.73 Å². The predicted octanol–water partition coefficient (Wildman–Crippen LogP) is 4.12. The lowest BCUT2D eigenvalue weighted by molar-refractivity contribution is -0.261. The number of piperidine rings is 1. The Morgan fingerprint density at radius 3 is 1.80 bits per heavy atom. The van der Waals surface area contributed by atoms with Crippen molar-refractivity contribution in [3.63, 3.8) is 0 Å². The van der Waals surface area contributed by atoms with E-state index in [-0.39, 0.29) is 17.5 Å². The standard InChI is InChI=1S/C20H40N2O3/c1-16(2,3)20(10,13-17(4,5)21)15(23)25-14-11-18(6,7)22(24)19(8,9)12-14/h14,24H,11-13,21H2,1-10H3. The molecular weight excluding hydrogens is 316 g/mol. The summed E-state index contributed by atoms with van der Waals surface area (Å²) in [4.78, 5) is 13.2. The maximum Gasteiger partial charge on any atom is 0.312 e. The normalized spacial score (nSPS) is 24.6. The molecule has 1 saturated heterocycles. The molecule has 1 rings (SSSR count). The number of hydrogen-bond acceptors (Lipinski definition) is 5. The molecule has 3 N–H and O–H groups in total. The highest BCUT2D eigenvalue weighted by atomic mass is 16.5. The molecule has 0 amide bonds. The summed E-state index contributed by atoms with van der Waals surface area (Å²) in [5.41, 5.74) is 3.93. The first-order chi connectivity index (χ1) is 10.8. The Morgan fingerprint density at radius 1 is 1.08 bits per heavy atom. The molecular formula is C20H40N2O3. The van der Waals surface area contributed by atoms with Crippen molar-refractivity contribution in [2.24, 2.45) is 16.6 Å². The average Bonchev–Trinajstić information content (AvgIpc) is 2.31. The number of esters is 1. The molecule has 1 atom stereocenters. The second kappa shape index (κ2) is 6.50. The minimum atomic E-state index is -0.685. The Morgan fingerprint density at radius 2 is 1.48 bits per heavy atom. The van der Waals surface area contributed by atoms with Gasteiger partial charge in [0.1, 0.15) is 6.10 Å². The molecule has 0 radical (unpaired) electrons. The van der Waals surface area contributed by atoms with E-state index in [1.54, 1.807) is 0 Å². The second-order valence-electron chi connectivity index (χ2n) is 11.1. The molecule has 0 saturated carbocycles. The summed E-state index contributed by atoms with van der Waals surface area (Å²) in [6.45, 7) is 19.9. The third-order valence-electron chi connectivity index (χ3n) is 5.79. The van der Waals surface area contributed by atoms with E-state index < -0.39 is 22.0 Å². The Bertz CT molecular complexity index is 482. The van der Waals surface area contributed by atoms with Crippen LogP contribution in [-0.2, 0) is 9.53 Å². The summed E-state index contributed by atoms with van der Waals surface area (Å²) in [5.74, 6) is -0.193. The molecule has 0 aromatic carbocycles. The fourth-order valence-corrected chi connectivity index (χ4v) is 4.10. The van der Waals surface area contributed by atoms with Crippen LogP contribution in [-0.4, -0.2) is 39.0 Å². The lowest BCUT2D eigenvalue weighted by Crippen LogP contribution is -2.61. The van der Waals surface area contributed by atoms with Crippen LogP contribution in [0.3, 0.4) is 0 Å². The van der Waals surface area contributed by atoms with Crippen molar-refractivity contribution in [3.05, 3.63) is 0 Å². The van der Waals surface area contributed by atoms with E-state index >= 15 is 0 Å². The van der Waals surface area contributed by atoms with Gasteiger partial charge in [-0.15, -0.1) is 0 Å². The molecule has 0 aliphatic carbocycles. The van der Waals surface area contributed by atoms with E-state index in [1.807, 2.05) is 48.5 Å². The summed E-state index contributed by atoms with van der Waals surface area (Å²) in [7, 11) is 0. The Kier molecular flexibility index (Phi) is 5.82. The fourth-order valence-electron chi connectivity index (χ4n) is 4.10. The van der Waals surface area contributed by atoms with Crippen molar-refractivity contribution in [2.75, 3.05) is 0 Å². The largest absolute Gasteiger partial charge is 0.462 e. The molecule has 25 heavy (non-hydrogen) atoms. The van der Waals surface area contributed by atoms with E-state index in [0.717, 1.165) is 0 Å². The number of rotatable bonds is 4. The highest BCUT2D eigenvalue weighted by molar-refractivity contribution is 5.77. The van der Waals surface area contributed by atoms with Gasteiger partial charge in [-0.1, -0.05) is 20.8 Å². The molecule has 1 fully saturated rings. The maximum atomic E-state index is 13.2. The molecule has 5 nitrogen and oxygen atoms in total. The molecule has 5 heteroatoms. The highest BCUT2D eigenvalue weighted by Crippen LogP contribution is 2.46. The van der Waals surface area contributed by atoms with Gasteiger partial charge in [-0.3, -0.25) is 4.79 Å². The van der Waals surface area contributed by atoms with Crippen LogP contribution in [0.25, 0.3) is 0 Å². The number of carbonyl (C=O) groups is 1. The predicted molar refractivity (Wildman–Crippen MR) is 101 cm³/mol. The molecule has 0 aromatic heterocycles. The van der Waals surface area contributed by atoms with E-state index in [2.05, 4.69) is 20.8 Å². The summed E-state index contributed by atoms with van der Waals surface area (Å²) in [6, 6.07) is 0. The third kappa shape index (κ3) is 4.95. The van der Waals surface area contributed by atoms with E-state index in [4.69, 9.17) is 10.5 Å². The molecule has 1 aliphatic heterocycles. The minimum Gasteiger partial charge on any atom is -0.462 e. The lowest BCUT2D eigenvalue weighted by atomic mass is 9.63. The van der Waals surface area contributed by atoms with Gasteiger partial charge in [0.2, 0.25) is 0 Å². The van der Waals surface area contributed by atoms with Gasteiger partial charge >= 0.3 is 5.97 Å². The van der Waals surface area contributed by atoms with E-state index in [1.165, 1.54) is 5.06 Å². The molecule has 0 bridgehead atoms. The van der Waals surface area contributed by atoms with Crippen molar-refractivity contribution in [1.29, 1.82) is 0 Å². The Labute approximate surface area is 154 Å². The average molecular weight is 357 g/mol. The van der Waals surface area contributed by atoms with Crippen LogP contribution in [0.1, 0.15) is 88.5 Å². The van der Waals surface area contributed by atoms with Gasteiger partial charge in [0, 0.05) is 29.5 Å². The zero-order valence-electron chi connectivity index (χ0n) is 18.0. The number of ether oxygens (including phenoxy) is 1. The highest BCUT2D eigenvalue weighted by Gasteiger charge is 2.51. The molecule has 148 valence electrons. The second-order valence-corrected chi connectivity index (χ2v) is 11.1. The van der Waals surface area contributed by atoms with Crippen LogP contribution in [0, 0.1) is 10.8 Å². The molecule has 1 aliphatic rings. The first kappa shape index (κ1) is 22.4. The van der Waals surface area contributed by atoms with Crippen molar-refractivity contribution in [1.82, 2.24) is 5.06 Å². The van der Waals surface area contributed by atoms with Crippen LogP contribution in [0.2, 0.25) is 0 Å². The molecule has 1 unspecified atom stereocenters. The van der Waals surface area contributed by atoms with E-state index in [9.17, 15) is 10.0 Å². The fraction of sp³-hybridized carbons (Fsp3) is 0.950. The summed E-state index contributed by atoms with van der Waals surface area (Å²) in [6.07, 6.45) is 1.53. The van der Waals surface area contributed by atoms with Gasteiger partial charge in [-0.25, -0.2) is 0 Å². The number of nitrogens with two attached hydrogens (primary N) is 1. The van der Waals surface area contributed by atoms with Crippen LogP contribution in [0.4, 0.5) is 0 Å². The lowest BCUT2D eigenvalue weighted by Gasteiger charge is -2.51. The minimum absolute atomic E-state index is 0.193. The van der Waals surface area contributed by atoms with Gasteiger partial charge in [0.05, 0.1) is 5.41 Å². The van der Waals surface area contributed by atoms with Crippen LogP contribution in [0.15, 0.2) is 0 Å². The van der Waals surface area contributed by atoms with Gasteiger partial charge in [-0.05, 0) is 60.3 Å². The maximum absolute atomic E-state index is 13.2. The van der Waals surface area contributed by atoms with Crippen molar-refractivity contribution >= 4 is 5.97 Å². The first-order valence-electron chi connectivity index (χ1n) is 9.31. The summed E-state index contributed by atoms with van der Waals surface area (Å²) in [5, 5.41) is 11.8. The summed E-state index contributed by atoms with van der Waals surface area (Å²) >= 11 is 0. The Balaban J connectivity index is 3.05. The van der Waals surface area contributed by atoms with Gasteiger partial charge < -0.3 is 15.7 Å². The Hall–Kier alpha value is -0.650. The molecule has 0 spiro atoms. The molecule has 0 aromatic rings. The van der Waals surface area contributed by atoms with E-state index in [0.29, 0.717) is 19.3 Å². The SMILES string of the molecule is CC(C)(N)CC(C)(C(=O)OC1CC(C)(C)N(O)C(C)(C)C1)C(C)(C)C. The van der Waals surface area contributed by atoms with Gasteiger partial charge in [-0.2, -0.15) is 5.06 Å². The van der Waals surface area contributed by atoms with Crippen molar-refractivity contribution in [2.45, 2.75) is 111 Å². The van der Waals surface area contributed by atoms with Crippen molar-refractivity contribution < 1.29 is 14.7 Å². The van der Waals surface area contributed by atoms with Crippen molar-refractivity contribution in [3.8, 4) is 0 Å².